The highest BCUT2D eigenvalue weighted by atomic mass is 16.5. The Morgan fingerprint density at radius 1 is 0.906 bits per heavy atom. The number of fused-ring (bicyclic) bond motifs is 1. The molecular formula is C25H30N2O5. The van der Waals surface area contributed by atoms with Crippen LogP contribution in [-0.2, 0) is 25.3 Å². The first kappa shape index (κ1) is 23.6. The molecule has 0 saturated carbocycles. The van der Waals surface area contributed by atoms with Gasteiger partial charge in [0.05, 0.1) is 36.6 Å². The molecule has 0 saturated heterocycles. The molecule has 1 atom stereocenters. The molecule has 0 aromatic heterocycles. The van der Waals surface area contributed by atoms with Crippen LogP contribution in [0.5, 0.6) is 0 Å². The summed E-state index contributed by atoms with van der Waals surface area (Å²) in [7, 11) is 0. The molecule has 0 fully saturated rings. The Bertz CT molecular complexity index is 1010. The molecule has 1 N–H and O–H groups in total. The van der Waals surface area contributed by atoms with Gasteiger partial charge in [0.15, 0.2) is 0 Å². The van der Waals surface area contributed by atoms with E-state index in [0.29, 0.717) is 35.5 Å². The van der Waals surface area contributed by atoms with Crippen molar-refractivity contribution in [2.75, 3.05) is 13.2 Å². The predicted octanol–water partition coefficient (Wildman–Crippen LogP) is 5.49. The summed E-state index contributed by atoms with van der Waals surface area (Å²) in [6.45, 7) is 8.35. The maximum atomic E-state index is 12.1. The van der Waals surface area contributed by atoms with Gasteiger partial charge in [-0.2, -0.15) is 10.2 Å². The summed E-state index contributed by atoms with van der Waals surface area (Å²) in [4.78, 5) is 23.9. The quantitative estimate of drug-likeness (QED) is 0.455. The summed E-state index contributed by atoms with van der Waals surface area (Å²) in [6.07, 6.45) is 1.12. The molecule has 1 aliphatic rings. The third-order valence-electron chi connectivity index (χ3n) is 5.80. The molecule has 0 spiro atoms. The number of carbonyl (C=O) groups excluding carboxylic acids is 2. The van der Waals surface area contributed by atoms with Crippen molar-refractivity contribution in [3.05, 3.63) is 59.2 Å². The number of azo groups is 1. The van der Waals surface area contributed by atoms with Crippen molar-refractivity contribution in [1.82, 2.24) is 0 Å². The summed E-state index contributed by atoms with van der Waals surface area (Å²) in [5, 5.41) is 19.9. The van der Waals surface area contributed by atoms with E-state index in [1.165, 1.54) is 0 Å². The summed E-state index contributed by atoms with van der Waals surface area (Å²) in [6, 6.07) is 12.3. The number of benzene rings is 2. The van der Waals surface area contributed by atoms with E-state index in [9.17, 15) is 14.7 Å². The molecule has 0 amide bonds. The van der Waals surface area contributed by atoms with Crippen LogP contribution in [0, 0.1) is 0 Å². The molecule has 7 nitrogen and oxygen atoms in total. The zero-order valence-corrected chi connectivity index (χ0v) is 19.1. The molecule has 0 bridgehead atoms. The Morgan fingerprint density at radius 3 is 2.19 bits per heavy atom. The number of rotatable bonds is 7. The molecule has 2 aromatic carbocycles. The van der Waals surface area contributed by atoms with Crippen LogP contribution in [0.1, 0.15) is 68.4 Å². The SMILES string of the molecule is CCOC(=O)CC1(O)CCC(C)(C)c2ccc(N=Nc3ccc(C(=O)OCC)cc3)cc21. The van der Waals surface area contributed by atoms with Crippen molar-refractivity contribution in [3.63, 3.8) is 0 Å². The Morgan fingerprint density at radius 2 is 1.53 bits per heavy atom. The molecule has 170 valence electrons. The van der Waals surface area contributed by atoms with Gasteiger partial charge in [-0.3, -0.25) is 4.79 Å². The fourth-order valence-electron chi connectivity index (χ4n) is 3.99. The number of carbonyl (C=O) groups is 2. The lowest BCUT2D eigenvalue weighted by molar-refractivity contribution is -0.150. The number of esters is 2. The van der Waals surface area contributed by atoms with Gasteiger partial charge in [0.25, 0.3) is 0 Å². The predicted molar refractivity (Wildman–Crippen MR) is 120 cm³/mol. The van der Waals surface area contributed by atoms with E-state index in [2.05, 4.69) is 24.1 Å². The lowest BCUT2D eigenvalue weighted by atomic mass is 9.66. The molecule has 1 unspecified atom stereocenters. The van der Waals surface area contributed by atoms with Crippen LogP contribution >= 0.6 is 0 Å². The average Bonchev–Trinajstić information content (AvgIpc) is 2.76. The van der Waals surface area contributed by atoms with Gasteiger partial charge < -0.3 is 14.6 Å². The van der Waals surface area contributed by atoms with Gasteiger partial charge in [-0.25, -0.2) is 4.79 Å². The molecule has 0 radical (unpaired) electrons. The summed E-state index contributed by atoms with van der Waals surface area (Å²) in [5.41, 5.74) is 1.85. The molecule has 2 aromatic rings. The minimum atomic E-state index is -1.30. The van der Waals surface area contributed by atoms with Gasteiger partial charge in [-0.15, -0.1) is 0 Å². The van der Waals surface area contributed by atoms with Crippen molar-refractivity contribution in [2.45, 2.75) is 58.0 Å². The summed E-state index contributed by atoms with van der Waals surface area (Å²) < 4.78 is 10.1. The Labute approximate surface area is 188 Å². The van der Waals surface area contributed by atoms with E-state index in [1.54, 1.807) is 44.2 Å². The zero-order chi connectivity index (χ0) is 23.4. The van der Waals surface area contributed by atoms with Gasteiger partial charge in [-0.1, -0.05) is 19.9 Å². The van der Waals surface area contributed by atoms with Gasteiger partial charge in [0.2, 0.25) is 0 Å². The van der Waals surface area contributed by atoms with E-state index < -0.39 is 11.6 Å². The van der Waals surface area contributed by atoms with Crippen LogP contribution < -0.4 is 0 Å². The topological polar surface area (TPSA) is 97.5 Å². The van der Waals surface area contributed by atoms with E-state index >= 15 is 0 Å². The first-order valence-corrected chi connectivity index (χ1v) is 10.9. The Hall–Kier alpha value is -3.06. The number of ether oxygens (including phenoxy) is 2. The second kappa shape index (κ2) is 9.61. The average molecular weight is 439 g/mol. The standard InChI is InChI=1S/C25H30N2O5/c1-5-31-22(28)16-25(30)14-13-24(3,4)20-12-11-19(15-21(20)25)27-26-18-9-7-17(8-10-18)23(29)32-6-2/h7-12,15,30H,5-6,13-14,16H2,1-4H3. The van der Waals surface area contributed by atoms with E-state index in [1.807, 2.05) is 12.1 Å². The third kappa shape index (κ3) is 5.22. The monoisotopic (exact) mass is 438 g/mol. The largest absolute Gasteiger partial charge is 0.466 e. The lowest BCUT2D eigenvalue weighted by Crippen LogP contribution is -2.39. The maximum Gasteiger partial charge on any atom is 0.338 e. The minimum absolute atomic E-state index is 0.0974. The van der Waals surface area contributed by atoms with E-state index in [0.717, 1.165) is 12.0 Å². The zero-order valence-electron chi connectivity index (χ0n) is 19.1. The van der Waals surface area contributed by atoms with Crippen molar-refractivity contribution in [1.29, 1.82) is 0 Å². The molecule has 32 heavy (non-hydrogen) atoms. The van der Waals surface area contributed by atoms with Crippen molar-refractivity contribution < 1.29 is 24.2 Å². The van der Waals surface area contributed by atoms with Crippen LogP contribution in [0.15, 0.2) is 52.7 Å². The van der Waals surface area contributed by atoms with Gasteiger partial charge >= 0.3 is 11.9 Å². The van der Waals surface area contributed by atoms with Crippen molar-refractivity contribution >= 4 is 23.3 Å². The van der Waals surface area contributed by atoms with Crippen molar-refractivity contribution in [3.8, 4) is 0 Å². The van der Waals surface area contributed by atoms with Crippen LogP contribution in [0.25, 0.3) is 0 Å². The highest BCUT2D eigenvalue weighted by Gasteiger charge is 2.43. The summed E-state index contributed by atoms with van der Waals surface area (Å²) in [5.74, 6) is -0.802. The molecule has 0 heterocycles. The first-order chi connectivity index (χ1) is 15.2. The fourth-order valence-corrected chi connectivity index (χ4v) is 3.99. The fraction of sp³-hybridized carbons (Fsp3) is 0.440. The van der Waals surface area contributed by atoms with Crippen LogP contribution in [-0.4, -0.2) is 30.3 Å². The molecular weight excluding hydrogens is 408 g/mol. The first-order valence-electron chi connectivity index (χ1n) is 10.9. The van der Waals surface area contributed by atoms with Crippen LogP contribution in [0.4, 0.5) is 11.4 Å². The number of aliphatic hydroxyl groups is 1. The van der Waals surface area contributed by atoms with E-state index in [-0.39, 0.29) is 24.4 Å². The number of hydrogen-bond acceptors (Lipinski definition) is 7. The normalized spacial score (nSPS) is 19.4. The van der Waals surface area contributed by atoms with Crippen LogP contribution in [0.2, 0.25) is 0 Å². The third-order valence-corrected chi connectivity index (χ3v) is 5.80. The number of hydrogen-bond donors (Lipinski definition) is 1. The Kier molecular flexibility index (Phi) is 7.09. The molecule has 1 aliphatic carbocycles. The minimum Gasteiger partial charge on any atom is -0.466 e. The smallest absolute Gasteiger partial charge is 0.338 e. The van der Waals surface area contributed by atoms with Gasteiger partial charge in [0.1, 0.15) is 5.60 Å². The molecule has 7 heteroatoms. The highest BCUT2D eigenvalue weighted by molar-refractivity contribution is 5.89. The van der Waals surface area contributed by atoms with Crippen LogP contribution in [0.3, 0.4) is 0 Å². The van der Waals surface area contributed by atoms with Crippen molar-refractivity contribution in [2.24, 2.45) is 10.2 Å². The Balaban J connectivity index is 1.87. The van der Waals surface area contributed by atoms with Gasteiger partial charge in [-0.05, 0) is 79.6 Å². The summed E-state index contributed by atoms with van der Waals surface area (Å²) >= 11 is 0. The highest BCUT2D eigenvalue weighted by Crippen LogP contribution is 2.47. The number of nitrogens with zero attached hydrogens (tertiary/aromatic N) is 2. The lowest BCUT2D eigenvalue weighted by Gasteiger charge is -2.42. The van der Waals surface area contributed by atoms with E-state index in [4.69, 9.17) is 9.47 Å². The second-order valence-corrected chi connectivity index (χ2v) is 8.59. The molecule has 0 aliphatic heterocycles. The van der Waals surface area contributed by atoms with Gasteiger partial charge in [0, 0.05) is 0 Å². The second-order valence-electron chi connectivity index (χ2n) is 8.59. The maximum absolute atomic E-state index is 12.1. The molecule has 3 rings (SSSR count).